The number of anilines is 1. The number of carbonyl (C=O) groups is 1. The average Bonchev–Trinajstić information content (AvgIpc) is 3.60. The van der Waals surface area contributed by atoms with Crippen molar-refractivity contribution in [1.82, 2.24) is 19.7 Å². The number of benzene rings is 2. The first kappa shape index (κ1) is 24.5. The number of hydrogen-bond donors (Lipinski definition) is 0. The van der Waals surface area contributed by atoms with E-state index in [2.05, 4.69) is 15.1 Å². The summed E-state index contributed by atoms with van der Waals surface area (Å²) in [7, 11) is 0. The van der Waals surface area contributed by atoms with Crippen molar-refractivity contribution in [1.29, 1.82) is 0 Å². The van der Waals surface area contributed by atoms with Crippen molar-refractivity contribution < 1.29 is 22.4 Å². The van der Waals surface area contributed by atoms with Crippen molar-refractivity contribution in [2.24, 2.45) is 0 Å². The molecule has 8 nitrogen and oxygen atoms in total. The molecule has 0 aliphatic carbocycles. The minimum atomic E-state index is -4.79. The highest BCUT2D eigenvalue weighted by molar-refractivity contribution is 5.96. The first-order valence-electron chi connectivity index (χ1n) is 12.1. The molecule has 4 heterocycles. The fraction of sp³-hybridized carbons (Fsp3) is 0.179. The lowest BCUT2D eigenvalue weighted by Crippen LogP contribution is -2.27. The van der Waals surface area contributed by atoms with E-state index in [-0.39, 0.29) is 22.8 Å². The molecule has 1 aliphatic heterocycles. The Kier molecular flexibility index (Phi) is 5.78. The van der Waals surface area contributed by atoms with Gasteiger partial charge in [-0.15, -0.1) is 0 Å². The van der Waals surface area contributed by atoms with E-state index in [1.165, 1.54) is 29.6 Å². The summed E-state index contributed by atoms with van der Waals surface area (Å²) in [6.07, 6.45) is 0.362. The summed E-state index contributed by atoms with van der Waals surface area (Å²) in [5.74, 6) is 0.305. The van der Waals surface area contributed by atoms with Crippen LogP contribution in [0.25, 0.3) is 39.2 Å². The van der Waals surface area contributed by atoms with Gasteiger partial charge < -0.3 is 9.32 Å². The topological polar surface area (TPSA) is 94.1 Å². The van der Waals surface area contributed by atoms with Gasteiger partial charge in [0.15, 0.2) is 12.2 Å². The highest BCUT2D eigenvalue weighted by Crippen LogP contribution is 2.37. The highest BCUT2D eigenvalue weighted by atomic mass is 19.4. The minimum Gasteiger partial charge on any atom is -0.444 e. The average molecular weight is 531 g/mol. The molecule has 0 N–H and O–H groups in total. The number of amides is 1. The zero-order valence-electron chi connectivity index (χ0n) is 20.6. The number of nitrogens with zero attached hydrogens (tertiary/aromatic N) is 5. The third-order valence-electron chi connectivity index (χ3n) is 6.63. The van der Waals surface area contributed by atoms with Crippen molar-refractivity contribution in [3.63, 3.8) is 0 Å². The van der Waals surface area contributed by atoms with Gasteiger partial charge in [-0.1, -0.05) is 0 Å². The summed E-state index contributed by atoms with van der Waals surface area (Å²) in [4.78, 5) is 35.5. The second-order valence-electron chi connectivity index (χ2n) is 9.27. The number of carbonyl (C=O) groups excluding carboxylic acids is 1. The number of aryl methyl sites for hydroxylation is 1. The van der Waals surface area contributed by atoms with Gasteiger partial charge in [0.2, 0.25) is 5.91 Å². The summed E-state index contributed by atoms with van der Waals surface area (Å²) >= 11 is 0. The van der Waals surface area contributed by atoms with Gasteiger partial charge >= 0.3 is 6.18 Å². The normalized spacial score (nSPS) is 13.9. The summed E-state index contributed by atoms with van der Waals surface area (Å²) in [6, 6.07) is 12.0. The standard InChI is InChI=1S/C28H20F3N5O3/c1-16-10-17(23-14-32-15-39-23)12-18(11-16)25-20-4-2-8-33-26(20)27(38)36(34-25)22-13-19(35-9-3-5-24(35)37)6-7-21(22)28(29,30)31/h2,4,6-8,10-15H,3,5,9H2,1H3. The highest BCUT2D eigenvalue weighted by Gasteiger charge is 2.36. The molecule has 0 saturated carbocycles. The molecule has 11 heteroatoms. The van der Waals surface area contributed by atoms with Crippen molar-refractivity contribution in [3.05, 3.63) is 88.8 Å². The molecule has 6 rings (SSSR count). The third kappa shape index (κ3) is 4.35. The molecule has 39 heavy (non-hydrogen) atoms. The van der Waals surface area contributed by atoms with E-state index in [0.29, 0.717) is 41.7 Å². The van der Waals surface area contributed by atoms with Gasteiger partial charge in [-0.25, -0.2) is 4.98 Å². The monoisotopic (exact) mass is 531 g/mol. The number of oxazole rings is 1. The molecule has 3 aromatic heterocycles. The molecule has 0 unspecified atom stereocenters. The van der Waals surface area contributed by atoms with Crippen molar-refractivity contribution in [2.45, 2.75) is 25.9 Å². The molecule has 0 bridgehead atoms. The first-order chi connectivity index (χ1) is 18.7. The van der Waals surface area contributed by atoms with Gasteiger partial charge in [-0.05, 0) is 67.4 Å². The molecule has 0 radical (unpaired) electrons. The Balaban J connectivity index is 1.64. The summed E-state index contributed by atoms with van der Waals surface area (Å²) in [6.45, 7) is 2.24. The SMILES string of the molecule is Cc1cc(-c2cnco2)cc(-c2nn(-c3cc(N4CCCC4=O)ccc3C(F)(F)F)c(=O)c3ncccc23)c1. The van der Waals surface area contributed by atoms with Crippen LogP contribution < -0.4 is 10.5 Å². The van der Waals surface area contributed by atoms with E-state index >= 15 is 0 Å². The Morgan fingerprint density at radius 2 is 1.85 bits per heavy atom. The zero-order valence-corrected chi connectivity index (χ0v) is 20.6. The lowest BCUT2D eigenvalue weighted by molar-refractivity contribution is -0.137. The molecule has 0 atom stereocenters. The van der Waals surface area contributed by atoms with Crippen LogP contribution in [-0.4, -0.2) is 32.2 Å². The van der Waals surface area contributed by atoms with Crippen LogP contribution in [0.3, 0.4) is 0 Å². The van der Waals surface area contributed by atoms with Crippen LogP contribution in [0.15, 0.2) is 76.5 Å². The number of rotatable bonds is 4. The molecule has 196 valence electrons. The number of aromatic nitrogens is 4. The maximum absolute atomic E-state index is 14.2. The Hall–Kier alpha value is -4.80. The molecule has 2 aromatic carbocycles. The maximum atomic E-state index is 14.2. The van der Waals surface area contributed by atoms with Gasteiger partial charge in [-0.3, -0.25) is 14.6 Å². The van der Waals surface area contributed by atoms with Gasteiger partial charge in [0, 0.05) is 41.4 Å². The van der Waals surface area contributed by atoms with Gasteiger partial charge in [0.25, 0.3) is 5.56 Å². The largest absolute Gasteiger partial charge is 0.444 e. The molecule has 1 saturated heterocycles. The second-order valence-corrected chi connectivity index (χ2v) is 9.27. The lowest BCUT2D eigenvalue weighted by atomic mass is 10.0. The first-order valence-corrected chi connectivity index (χ1v) is 12.1. The molecule has 0 spiro atoms. The Bertz CT molecular complexity index is 1800. The van der Waals surface area contributed by atoms with Crippen LogP contribution in [0.2, 0.25) is 0 Å². The summed E-state index contributed by atoms with van der Waals surface area (Å²) in [5, 5.41) is 4.86. The molecule has 1 aliphatic rings. The zero-order chi connectivity index (χ0) is 27.3. The number of hydrogen-bond acceptors (Lipinski definition) is 6. The molecular weight excluding hydrogens is 511 g/mol. The number of halogens is 3. The molecule has 5 aromatic rings. The smallest absolute Gasteiger partial charge is 0.418 e. The molecule has 1 amide bonds. The molecule has 1 fully saturated rings. The van der Waals surface area contributed by atoms with E-state index in [1.54, 1.807) is 24.4 Å². The maximum Gasteiger partial charge on any atom is 0.418 e. The van der Waals surface area contributed by atoms with Gasteiger partial charge in [0.1, 0.15) is 11.2 Å². The van der Waals surface area contributed by atoms with Gasteiger partial charge in [-0.2, -0.15) is 23.0 Å². The quantitative estimate of drug-likeness (QED) is 0.302. The van der Waals surface area contributed by atoms with Crippen molar-refractivity contribution in [2.75, 3.05) is 11.4 Å². The summed E-state index contributed by atoms with van der Waals surface area (Å²) in [5.41, 5.74) is 0.201. The van der Waals surface area contributed by atoms with Crippen molar-refractivity contribution >= 4 is 22.5 Å². The Morgan fingerprint density at radius 1 is 1.03 bits per heavy atom. The van der Waals surface area contributed by atoms with Crippen LogP contribution >= 0.6 is 0 Å². The fourth-order valence-electron chi connectivity index (χ4n) is 4.89. The van der Waals surface area contributed by atoms with E-state index < -0.39 is 23.0 Å². The van der Waals surface area contributed by atoms with E-state index in [9.17, 15) is 22.8 Å². The van der Waals surface area contributed by atoms with Crippen LogP contribution in [0.1, 0.15) is 24.0 Å². The van der Waals surface area contributed by atoms with Crippen LogP contribution in [0, 0.1) is 6.92 Å². The summed E-state index contributed by atoms with van der Waals surface area (Å²) < 4.78 is 48.8. The minimum absolute atomic E-state index is 0.0407. The number of fused-ring (bicyclic) bond motifs is 1. The number of alkyl halides is 3. The van der Waals surface area contributed by atoms with E-state index in [4.69, 9.17) is 4.42 Å². The molecular formula is C28H20F3N5O3. The second kappa shape index (κ2) is 9.19. The van der Waals surface area contributed by atoms with Crippen molar-refractivity contribution in [3.8, 4) is 28.3 Å². The fourth-order valence-corrected chi connectivity index (χ4v) is 4.89. The van der Waals surface area contributed by atoms with Crippen LogP contribution in [0.4, 0.5) is 18.9 Å². The Morgan fingerprint density at radius 3 is 2.56 bits per heavy atom. The lowest BCUT2D eigenvalue weighted by Gasteiger charge is -2.20. The van der Waals surface area contributed by atoms with Crippen LogP contribution in [-0.2, 0) is 11.0 Å². The van der Waals surface area contributed by atoms with Crippen LogP contribution in [0.5, 0.6) is 0 Å². The number of pyridine rings is 1. The van der Waals surface area contributed by atoms with E-state index in [1.807, 2.05) is 19.1 Å². The van der Waals surface area contributed by atoms with Gasteiger partial charge in [0.05, 0.1) is 17.4 Å². The third-order valence-corrected chi connectivity index (χ3v) is 6.63. The van der Waals surface area contributed by atoms with E-state index in [0.717, 1.165) is 16.3 Å². The Labute approximate surface area is 219 Å². The predicted molar refractivity (Wildman–Crippen MR) is 137 cm³/mol. The predicted octanol–water partition coefficient (Wildman–Crippen LogP) is 5.56.